The number of anilines is 1. The van der Waals surface area contributed by atoms with Crippen molar-refractivity contribution in [2.45, 2.75) is 19.4 Å². The average molecular weight is 589 g/mol. The number of hydrogen-bond acceptors (Lipinski definition) is 7. The number of rotatable bonds is 11. The number of carbonyl (C=O) groups excluding carboxylic acids is 1. The zero-order valence-electron chi connectivity index (χ0n) is 23.5. The summed E-state index contributed by atoms with van der Waals surface area (Å²) in [6.07, 6.45) is 4.35. The molecule has 0 fully saturated rings. The van der Waals surface area contributed by atoms with Crippen molar-refractivity contribution in [1.82, 2.24) is 19.4 Å². The van der Waals surface area contributed by atoms with E-state index in [0.29, 0.717) is 15.6 Å². The van der Waals surface area contributed by atoms with E-state index in [1.165, 1.54) is 11.3 Å². The van der Waals surface area contributed by atoms with Gasteiger partial charge in [0.2, 0.25) is 0 Å². The molecule has 0 aliphatic carbocycles. The second-order valence-electron chi connectivity index (χ2n) is 10.2. The molecular weight excluding hydrogens is 556 g/mol. The number of benzene rings is 2. The Bertz CT molecular complexity index is 1660. The summed E-state index contributed by atoms with van der Waals surface area (Å²) < 4.78 is 8.12. The lowest BCUT2D eigenvalue weighted by molar-refractivity contribution is 0.0998. The minimum Gasteiger partial charge on any atom is -0.484 e. The highest BCUT2D eigenvalue weighted by molar-refractivity contribution is 7.16. The zero-order valence-corrected chi connectivity index (χ0v) is 25.1. The molecule has 0 saturated carbocycles. The number of fused-ring (bicyclic) bond motifs is 1. The molecule has 5 rings (SSSR count). The van der Waals surface area contributed by atoms with E-state index in [0.717, 1.165) is 58.1 Å². The van der Waals surface area contributed by atoms with Crippen molar-refractivity contribution < 1.29 is 9.53 Å². The van der Waals surface area contributed by atoms with E-state index in [4.69, 9.17) is 22.1 Å². The largest absolute Gasteiger partial charge is 0.484 e. The predicted molar refractivity (Wildman–Crippen MR) is 168 cm³/mol. The molecule has 3 heterocycles. The van der Waals surface area contributed by atoms with Crippen molar-refractivity contribution in [2.75, 3.05) is 39.1 Å². The average Bonchev–Trinajstić information content (AvgIpc) is 3.57. The maximum atomic E-state index is 12.3. The van der Waals surface area contributed by atoms with Crippen LogP contribution in [0.3, 0.4) is 0 Å². The Labute approximate surface area is 249 Å². The molecule has 0 bridgehead atoms. The van der Waals surface area contributed by atoms with Crippen LogP contribution < -0.4 is 15.4 Å². The topological polar surface area (TPSA) is 89.5 Å². The molecule has 0 saturated heterocycles. The van der Waals surface area contributed by atoms with E-state index in [1.54, 1.807) is 6.33 Å². The van der Waals surface area contributed by atoms with Crippen LogP contribution in [0.25, 0.3) is 27.2 Å². The summed E-state index contributed by atoms with van der Waals surface area (Å²) in [4.78, 5) is 26.3. The number of ether oxygens (including phenoxy) is 1. The van der Waals surface area contributed by atoms with E-state index >= 15 is 0 Å². The molecule has 41 heavy (non-hydrogen) atoms. The molecule has 3 aromatic heterocycles. The second-order valence-corrected chi connectivity index (χ2v) is 11.7. The number of thiophene rings is 1. The molecule has 1 amide bonds. The van der Waals surface area contributed by atoms with Gasteiger partial charge < -0.3 is 20.3 Å². The number of nitrogens with two attached hydrogens (primary N) is 1. The molecule has 2 aromatic carbocycles. The van der Waals surface area contributed by atoms with Gasteiger partial charge in [0.25, 0.3) is 5.91 Å². The van der Waals surface area contributed by atoms with Crippen molar-refractivity contribution >= 4 is 45.7 Å². The minimum atomic E-state index is -0.548. The summed E-state index contributed by atoms with van der Waals surface area (Å²) in [5.74, 6) is 0.817. The summed E-state index contributed by atoms with van der Waals surface area (Å²) in [7, 11) is 6.24. The third kappa shape index (κ3) is 6.37. The highest BCUT2D eigenvalue weighted by Crippen LogP contribution is 2.37. The van der Waals surface area contributed by atoms with Gasteiger partial charge in [0, 0.05) is 42.0 Å². The Morgan fingerprint density at radius 3 is 2.54 bits per heavy atom. The van der Waals surface area contributed by atoms with Gasteiger partial charge in [-0.3, -0.25) is 9.36 Å². The molecule has 1 atom stereocenters. The smallest absolute Gasteiger partial charge is 0.262 e. The molecular formula is C31H33ClN6O2S. The number of pyridine rings is 1. The van der Waals surface area contributed by atoms with E-state index < -0.39 is 5.91 Å². The van der Waals surface area contributed by atoms with Crippen LogP contribution in [-0.2, 0) is 0 Å². The maximum Gasteiger partial charge on any atom is 0.262 e. The Morgan fingerprint density at radius 1 is 1.05 bits per heavy atom. The molecule has 5 aromatic rings. The third-order valence-electron chi connectivity index (χ3n) is 6.91. The molecule has 0 aliphatic heterocycles. The molecule has 0 radical (unpaired) electrons. The molecule has 0 unspecified atom stereocenters. The van der Waals surface area contributed by atoms with Crippen molar-refractivity contribution in [1.29, 1.82) is 0 Å². The van der Waals surface area contributed by atoms with Crippen LogP contribution in [0.4, 0.5) is 5.82 Å². The third-order valence-corrected chi connectivity index (χ3v) is 8.39. The number of aromatic nitrogens is 3. The molecule has 0 spiro atoms. The van der Waals surface area contributed by atoms with Crippen LogP contribution in [0.1, 0.15) is 34.7 Å². The predicted octanol–water partition coefficient (Wildman–Crippen LogP) is 6.43. The van der Waals surface area contributed by atoms with Gasteiger partial charge >= 0.3 is 0 Å². The lowest BCUT2D eigenvalue weighted by Gasteiger charge is -2.19. The molecule has 0 aliphatic rings. The zero-order chi connectivity index (χ0) is 29.1. The monoisotopic (exact) mass is 588 g/mol. The molecule has 8 nitrogen and oxygen atoms in total. The quantitative estimate of drug-likeness (QED) is 0.191. The van der Waals surface area contributed by atoms with E-state index in [9.17, 15) is 4.79 Å². The fourth-order valence-corrected chi connectivity index (χ4v) is 5.90. The standard InChI is InChI=1S/C31H33ClN6O2S/c1-20(23-8-5-6-9-24(23)32)40-27-17-29(41-30(27)31(33)39)38-19-35-25-16-21(10-12-26(25)38)22-11-13-28(34-18-22)37(4)15-7-14-36(2)3/h5-6,8-13,16-20H,7,14-15H2,1-4H3,(H2,33,39)/t20-/m1/s1. The van der Waals surface area contributed by atoms with Gasteiger partial charge in [-0.1, -0.05) is 35.9 Å². The van der Waals surface area contributed by atoms with Crippen molar-refractivity contribution in [3.63, 3.8) is 0 Å². The lowest BCUT2D eigenvalue weighted by Crippen LogP contribution is -2.23. The summed E-state index contributed by atoms with van der Waals surface area (Å²) in [5, 5.41) is 1.38. The van der Waals surface area contributed by atoms with Crippen molar-refractivity contribution in [3.05, 3.63) is 88.7 Å². The second kappa shape index (κ2) is 12.3. The lowest BCUT2D eigenvalue weighted by atomic mass is 10.1. The fraction of sp³-hybridized carbons (Fsp3) is 0.258. The van der Waals surface area contributed by atoms with Gasteiger partial charge in [0.1, 0.15) is 33.9 Å². The first-order valence-electron chi connectivity index (χ1n) is 13.4. The van der Waals surface area contributed by atoms with E-state index in [-0.39, 0.29) is 6.10 Å². The van der Waals surface area contributed by atoms with Crippen LogP contribution in [0.2, 0.25) is 5.02 Å². The first-order chi connectivity index (χ1) is 19.7. The SMILES string of the molecule is C[C@@H](Oc1cc(-n2cnc3cc(-c4ccc(N(C)CCCN(C)C)nc4)ccc32)sc1C(N)=O)c1ccccc1Cl. The van der Waals surface area contributed by atoms with Gasteiger partial charge in [-0.25, -0.2) is 9.97 Å². The van der Waals surface area contributed by atoms with Crippen LogP contribution in [-0.4, -0.2) is 59.6 Å². The number of primary amides is 1. The Hall–Kier alpha value is -3.92. The number of carbonyl (C=O) groups is 1. The van der Waals surface area contributed by atoms with Gasteiger partial charge in [-0.2, -0.15) is 0 Å². The summed E-state index contributed by atoms with van der Waals surface area (Å²) in [6.45, 7) is 3.88. The minimum absolute atomic E-state index is 0.343. The summed E-state index contributed by atoms with van der Waals surface area (Å²) in [5.41, 5.74) is 10.3. The first kappa shape index (κ1) is 28.6. The Morgan fingerprint density at radius 2 is 1.83 bits per heavy atom. The van der Waals surface area contributed by atoms with Gasteiger partial charge in [0.05, 0.1) is 11.0 Å². The van der Waals surface area contributed by atoms with Gasteiger partial charge in [-0.15, -0.1) is 11.3 Å². The maximum absolute atomic E-state index is 12.3. The first-order valence-corrected chi connectivity index (χ1v) is 14.5. The van der Waals surface area contributed by atoms with Crippen LogP contribution >= 0.6 is 22.9 Å². The molecule has 2 N–H and O–H groups in total. The fourth-order valence-electron chi connectivity index (χ4n) is 4.69. The highest BCUT2D eigenvalue weighted by atomic mass is 35.5. The van der Waals surface area contributed by atoms with Crippen LogP contribution in [0.15, 0.2) is 73.2 Å². The molecule has 10 heteroatoms. The highest BCUT2D eigenvalue weighted by Gasteiger charge is 2.21. The van der Waals surface area contributed by atoms with Crippen LogP contribution in [0.5, 0.6) is 5.75 Å². The van der Waals surface area contributed by atoms with Gasteiger partial charge in [-0.05, 0) is 69.9 Å². The van der Waals surface area contributed by atoms with Crippen molar-refractivity contribution in [3.8, 4) is 21.9 Å². The Kier molecular flexibility index (Phi) is 8.58. The summed E-state index contributed by atoms with van der Waals surface area (Å²) >= 11 is 7.62. The number of nitrogens with zero attached hydrogens (tertiary/aromatic N) is 5. The number of hydrogen-bond donors (Lipinski definition) is 1. The number of imidazole rings is 1. The van der Waals surface area contributed by atoms with Crippen LogP contribution in [0, 0.1) is 0 Å². The van der Waals surface area contributed by atoms with E-state index in [2.05, 4.69) is 59.1 Å². The van der Waals surface area contributed by atoms with Crippen molar-refractivity contribution in [2.24, 2.45) is 5.73 Å². The number of amides is 1. The summed E-state index contributed by atoms with van der Waals surface area (Å²) in [6, 6.07) is 19.6. The normalized spacial score (nSPS) is 12.1. The number of halogens is 1. The van der Waals surface area contributed by atoms with E-state index in [1.807, 2.05) is 60.2 Å². The Balaban J connectivity index is 1.37. The molecule has 212 valence electrons. The van der Waals surface area contributed by atoms with Gasteiger partial charge in [0.15, 0.2) is 0 Å².